The minimum atomic E-state index is 0.961. The fourth-order valence-electron chi connectivity index (χ4n) is 4.06. The van der Waals surface area contributed by atoms with Crippen LogP contribution in [0.4, 0.5) is 0 Å². The summed E-state index contributed by atoms with van der Waals surface area (Å²) in [5.41, 5.74) is 7.67. The molecule has 0 spiro atoms. The lowest BCUT2D eigenvalue weighted by atomic mass is 10.0. The van der Waals surface area contributed by atoms with Crippen LogP contribution in [0.2, 0.25) is 0 Å². The molecule has 0 fully saturated rings. The molecule has 0 atom stereocenters. The van der Waals surface area contributed by atoms with Crippen molar-refractivity contribution in [2.24, 2.45) is 0 Å². The van der Waals surface area contributed by atoms with E-state index in [1.54, 1.807) is 0 Å². The Morgan fingerprint density at radius 1 is 0.519 bits per heavy atom. The van der Waals surface area contributed by atoms with E-state index in [4.69, 9.17) is 0 Å². The number of benzene rings is 4. The third kappa shape index (κ3) is 2.63. The average molecular weight is 347 g/mol. The highest BCUT2D eigenvalue weighted by atomic mass is 15.0. The van der Waals surface area contributed by atoms with E-state index < -0.39 is 0 Å². The van der Waals surface area contributed by atoms with Crippen molar-refractivity contribution in [1.82, 2.24) is 4.57 Å². The second kappa shape index (κ2) is 6.44. The molecule has 0 saturated heterocycles. The molecule has 5 rings (SSSR count). The smallest absolute Gasteiger partial charge is 0.0497 e. The summed E-state index contributed by atoms with van der Waals surface area (Å²) in [6.07, 6.45) is 0. The van der Waals surface area contributed by atoms with Crippen molar-refractivity contribution in [3.63, 3.8) is 0 Å². The number of aromatic nitrogens is 1. The SMILES string of the molecule is CCn1c2ccc(-c3ccccc3)cc2c2ccc(-c3ccccc3)cc21. The van der Waals surface area contributed by atoms with Crippen LogP contribution in [0.15, 0.2) is 97.1 Å². The molecule has 4 aromatic carbocycles. The van der Waals surface area contributed by atoms with Crippen LogP contribution in [0.1, 0.15) is 6.92 Å². The van der Waals surface area contributed by atoms with Crippen molar-refractivity contribution in [2.45, 2.75) is 13.5 Å². The standard InChI is InChI=1S/C26H21N/c1-2-27-25-16-14-21(19-9-5-3-6-10-19)17-24(25)23-15-13-22(18-26(23)27)20-11-7-4-8-12-20/h3-18H,2H2,1H3. The lowest BCUT2D eigenvalue weighted by Gasteiger charge is -2.06. The Morgan fingerprint density at radius 2 is 1.11 bits per heavy atom. The monoisotopic (exact) mass is 347 g/mol. The van der Waals surface area contributed by atoms with Crippen molar-refractivity contribution in [2.75, 3.05) is 0 Å². The minimum Gasteiger partial charge on any atom is -0.341 e. The summed E-state index contributed by atoms with van der Waals surface area (Å²) in [6.45, 7) is 3.18. The summed E-state index contributed by atoms with van der Waals surface area (Å²) >= 11 is 0. The number of aryl methyl sites for hydroxylation is 1. The molecule has 1 heteroatoms. The second-order valence-corrected chi connectivity index (χ2v) is 6.94. The zero-order valence-corrected chi connectivity index (χ0v) is 15.4. The molecule has 1 aromatic heterocycles. The van der Waals surface area contributed by atoms with Gasteiger partial charge in [0.25, 0.3) is 0 Å². The van der Waals surface area contributed by atoms with Crippen LogP contribution in [0, 0.1) is 0 Å². The maximum atomic E-state index is 2.42. The summed E-state index contributed by atoms with van der Waals surface area (Å²) in [5, 5.41) is 2.65. The third-order valence-electron chi connectivity index (χ3n) is 5.40. The highest BCUT2D eigenvalue weighted by Gasteiger charge is 2.12. The molecule has 1 nitrogen and oxygen atoms in total. The van der Waals surface area contributed by atoms with Crippen LogP contribution in [-0.2, 0) is 6.54 Å². The molecule has 0 saturated carbocycles. The van der Waals surface area contributed by atoms with Gasteiger partial charge >= 0.3 is 0 Å². The molecule has 1 heterocycles. The quantitative estimate of drug-likeness (QED) is 0.326. The van der Waals surface area contributed by atoms with Gasteiger partial charge in [0.15, 0.2) is 0 Å². The van der Waals surface area contributed by atoms with Gasteiger partial charge in [-0.05, 0) is 47.4 Å². The van der Waals surface area contributed by atoms with Gasteiger partial charge < -0.3 is 4.57 Å². The summed E-state index contributed by atoms with van der Waals surface area (Å²) in [6, 6.07) is 34.9. The Bertz CT molecular complexity index is 1230. The summed E-state index contributed by atoms with van der Waals surface area (Å²) in [4.78, 5) is 0. The molecule has 5 aromatic rings. The summed E-state index contributed by atoms with van der Waals surface area (Å²) in [5.74, 6) is 0. The zero-order chi connectivity index (χ0) is 18.2. The van der Waals surface area contributed by atoms with Gasteiger partial charge in [-0.3, -0.25) is 0 Å². The number of nitrogens with zero attached hydrogens (tertiary/aromatic N) is 1. The molecule has 0 radical (unpaired) electrons. The van der Waals surface area contributed by atoms with Crippen LogP contribution in [0.25, 0.3) is 44.1 Å². The van der Waals surface area contributed by atoms with Crippen LogP contribution < -0.4 is 0 Å². The molecule has 0 amide bonds. The molecule has 0 bridgehead atoms. The van der Waals surface area contributed by atoms with E-state index in [1.807, 2.05) is 0 Å². The van der Waals surface area contributed by atoms with Crippen LogP contribution in [0.5, 0.6) is 0 Å². The predicted molar refractivity (Wildman–Crippen MR) is 116 cm³/mol. The minimum absolute atomic E-state index is 0.961. The van der Waals surface area contributed by atoms with Gasteiger partial charge in [-0.25, -0.2) is 0 Å². The van der Waals surface area contributed by atoms with Crippen molar-refractivity contribution in [1.29, 1.82) is 0 Å². The van der Waals surface area contributed by atoms with Gasteiger partial charge in [0, 0.05) is 28.4 Å². The molecule has 0 aliphatic heterocycles. The first-order valence-electron chi connectivity index (χ1n) is 9.52. The first kappa shape index (κ1) is 15.9. The Labute approximate surface area is 159 Å². The Balaban J connectivity index is 1.76. The normalized spacial score (nSPS) is 11.3. The van der Waals surface area contributed by atoms with Gasteiger partial charge in [0.2, 0.25) is 0 Å². The first-order chi connectivity index (χ1) is 13.3. The third-order valence-corrected chi connectivity index (χ3v) is 5.40. The number of fused-ring (bicyclic) bond motifs is 3. The molecule has 0 unspecified atom stereocenters. The number of hydrogen-bond donors (Lipinski definition) is 0. The molecule has 0 aliphatic rings. The zero-order valence-electron chi connectivity index (χ0n) is 15.4. The van der Waals surface area contributed by atoms with Crippen LogP contribution >= 0.6 is 0 Å². The molecule has 130 valence electrons. The molecule has 27 heavy (non-hydrogen) atoms. The maximum absolute atomic E-state index is 2.42. The van der Waals surface area contributed by atoms with Crippen molar-refractivity contribution in [3.8, 4) is 22.3 Å². The van der Waals surface area contributed by atoms with E-state index in [0.717, 1.165) is 6.54 Å². The molecule has 0 aliphatic carbocycles. The lowest BCUT2D eigenvalue weighted by molar-refractivity contribution is 0.827. The largest absolute Gasteiger partial charge is 0.341 e. The fraction of sp³-hybridized carbons (Fsp3) is 0.0769. The van der Waals surface area contributed by atoms with Crippen molar-refractivity contribution >= 4 is 21.8 Å². The second-order valence-electron chi connectivity index (χ2n) is 6.94. The number of hydrogen-bond acceptors (Lipinski definition) is 0. The first-order valence-corrected chi connectivity index (χ1v) is 9.52. The Hall–Kier alpha value is -3.32. The van der Waals surface area contributed by atoms with Gasteiger partial charge in [0.1, 0.15) is 0 Å². The lowest BCUT2D eigenvalue weighted by Crippen LogP contribution is -1.93. The van der Waals surface area contributed by atoms with E-state index in [1.165, 1.54) is 44.1 Å². The van der Waals surface area contributed by atoms with Crippen LogP contribution in [0.3, 0.4) is 0 Å². The average Bonchev–Trinajstić information content (AvgIpc) is 3.07. The van der Waals surface area contributed by atoms with E-state index in [-0.39, 0.29) is 0 Å². The summed E-state index contributed by atoms with van der Waals surface area (Å²) < 4.78 is 2.42. The molecular weight excluding hydrogens is 326 g/mol. The Kier molecular flexibility index (Phi) is 3.79. The maximum Gasteiger partial charge on any atom is 0.0497 e. The highest BCUT2D eigenvalue weighted by Crippen LogP contribution is 2.34. The van der Waals surface area contributed by atoms with E-state index in [0.29, 0.717) is 0 Å². The van der Waals surface area contributed by atoms with Crippen molar-refractivity contribution < 1.29 is 0 Å². The van der Waals surface area contributed by atoms with Crippen molar-refractivity contribution in [3.05, 3.63) is 97.1 Å². The van der Waals surface area contributed by atoms with E-state index >= 15 is 0 Å². The van der Waals surface area contributed by atoms with Gasteiger partial charge in [-0.2, -0.15) is 0 Å². The Morgan fingerprint density at radius 3 is 1.74 bits per heavy atom. The van der Waals surface area contributed by atoms with Crippen LogP contribution in [-0.4, -0.2) is 4.57 Å². The van der Waals surface area contributed by atoms with Gasteiger partial charge in [-0.1, -0.05) is 78.9 Å². The van der Waals surface area contributed by atoms with E-state index in [9.17, 15) is 0 Å². The topological polar surface area (TPSA) is 4.93 Å². The molecule has 0 N–H and O–H groups in total. The van der Waals surface area contributed by atoms with Gasteiger partial charge in [-0.15, -0.1) is 0 Å². The summed E-state index contributed by atoms with van der Waals surface area (Å²) in [7, 11) is 0. The fourth-order valence-corrected chi connectivity index (χ4v) is 4.06. The van der Waals surface area contributed by atoms with E-state index in [2.05, 4.69) is 109 Å². The van der Waals surface area contributed by atoms with Gasteiger partial charge in [0.05, 0.1) is 0 Å². The number of rotatable bonds is 3. The predicted octanol–water partition coefficient (Wildman–Crippen LogP) is 7.15. The molecular formula is C26H21N. The highest BCUT2D eigenvalue weighted by molar-refractivity contribution is 6.10.